The van der Waals surface area contributed by atoms with Crippen LogP contribution in [-0.2, 0) is 0 Å². The Balaban J connectivity index is 1.69. The molecule has 3 heterocycles. The van der Waals surface area contributed by atoms with E-state index >= 15 is 0 Å². The van der Waals surface area contributed by atoms with Crippen LogP contribution in [0.5, 0.6) is 0 Å². The Morgan fingerprint density at radius 1 is 1.22 bits per heavy atom. The zero-order chi connectivity index (χ0) is 19.0. The molecular weight excluding hydrogens is 365 g/mol. The molecule has 2 aromatic heterocycles. The summed E-state index contributed by atoms with van der Waals surface area (Å²) >= 11 is 6.16. The maximum absolute atomic E-state index is 14.8. The minimum absolute atomic E-state index is 0.164. The number of nitrogens with one attached hydrogen (secondary N) is 1. The number of fused-ring (bicyclic) bond motifs is 1. The van der Waals surface area contributed by atoms with Gasteiger partial charge in [-0.15, -0.1) is 0 Å². The molecule has 1 fully saturated rings. The Morgan fingerprint density at radius 3 is 2.70 bits per heavy atom. The molecule has 1 radical (unpaired) electrons. The van der Waals surface area contributed by atoms with Crippen molar-refractivity contribution in [2.45, 2.75) is 0 Å². The number of hydrogen-bond acceptors (Lipinski definition) is 3. The van der Waals surface area contributed by atoms with Crippen LogP contribution >= 0.6 is 11.6 Å². The van der Waals surface area contributed by atoms with Crippen molar-refractivity contribution in [1.29, 1.82) is 0 Å². The average Bonchev–Trinajstić information content (AvgIpc) is 3.03. The summed E-state index contributed by atoms with van der Waals surface area (Å²) in [7, 11) is 5.61. The van der Waals surface area contributed by atoms with Crippen molar-refractivity contribution in [3.05, 3.63) is 58.5 Å². The molecule has 27 heavy (non-hydrogen) atoms. The number of carbonyl (C=O) groups excluding carboxylic acids is 1. The SMILES string of the molecule is [B]=Cc1cc(Cl)c2ccc(-c3ccc(C(=O)N4CCNCC4)cc3F)nn12. The Morgan fingerprint density at radius 2 is 2.00 bits per heavy atom. The molecule has 0 atom stereocenters. The predicted molar refractivity (Wildman–Crippen MR) is 105 cm³/mol. The summed E-state index contributed by atoms with van der Waals surface area (Å²) in [4.78, 5) is 14.3. The fourth-order valence-electron chi connectivity index (χ4n) is 3.23. The fraction of sp³-hybridized carbons (Fsp3) is 0.211. The van der Waals surface area contributed by atoms with Crippen LogP contribution in [0.1, 0.15) is 16.1 Å². The number of rotatable bonds is 3. The molecule has 8 heteroatoms. The molecule has 0 saturated carbocycles. The molecule has 0 unspecified atom stereocenters. The first-order valence-corrected chi connectivity index (χ1v) is 8.99. The number of piperazine rings is 1. The first-order valence-electron chi connectivity index (χ1n) is 8.61. The van der Waals surface area contributed by atoms with E-state index in [0.717, 1.165) is 13.1 Å². The van der Waals surface area contributed by atoms with Crippen LogP contribution in [-0.4, -0.2) is 60.1 Å². The third-order valence-electron chi connectivity index (χ3n) is 4.67. The molecule has 5 nitrogen and oxygen atoms in total. The van der Waals surface area contributed by atoms with Crippen molar-refractivity contribution in [1.82, 2.24) is 19.8 Å². The van der Waals surface area contributed by atoms with Gasteiger partial charge in [0, 0.05) is 13.1 Å². The van der Waals surface area contributed by atoms with Gasteiger partial charge in [-0.05, 0) is 0 Å². The quantitative estimate of drug-likeness (QED) is 0.707. The van der Waals surface area contributed by atoms with Gasteiger partial charge in [-0.1, -0.05) is 0 Å². The van der Waals surface area contributed by atoms with Crippen LogP contribution in [0.4, 0.5) is 4.39 Å². The number of aromatic nitrogens is 2. The van der Waals surface area contributed by atoms with Gasteiger partial charge in [-0.3, -0.25) is 0 Å². The molecule has 1 saturated heterocycles. The van der Waals surface area contributed by atoms with Crippen molar-refractivity contribution in [2.75, 3.05) is 26.2 Å². The molecule has 4 rings (SSSR count). The molecule has 3 aromatic rings. The Hall–Kier alpha value is -2.51. The Labute approximate surface area is 161 Å². The number of amides is 1. The third-order valence-corrected chi connectivity index (χ3v) is 4.97. The molecule has 1 N–H and O–H groups in total. The molecule has 1 aliphatic heterocycles. The second kappa shape index (κ2) is 7.25. The van der Waals surface area contributed by atoms with Gasteiger partial charge < -0.3 is 5.32 Å². The predicted octanol–water partition coefficient (Wildman–Crippen LogP) is 2.16. The number of nitrogens with zero attached hydrogens (tertiary/aromatic N) is 3. The van der Waals surface area contributed by atoms with Gasteiger partial charge in [0.25, 0.3) is 0 Å². The second-order valence-electron chi connectivity index (χ2n) is 6.34. The molecule has 1 aliphatic rings. The fourth-order valence-corrected chi connectivity index (χ4v) is 3.49. The van der Waals surface area contributed by atoms with Gasteiger partial charge in [0.2, 0.25) is 0 Å². The molecule has 135 valence electrons. The Kier molecular flexibility index (Phi) is 4.80. The van der Waals surface area contributed by atoms with Crippen molar-refractivity contribution in [3.8, 4) is 11.3 Å². The molecule has 0 bridgehead atoms. The molecular formula is C19H16BClFN4O. The van der Waals surface area contributed by atoms with Gasteiger partial charge >= 0.3 is 143 Å². The van der Waals surface area contributed by atoms with Gasteiger partial charge in [0.05, 0.1) is 0 Å². The van der Waals surface area contributed by atoms with Crippen LogP contribution in [0.15, 0.2) is 36.4 Å². The average molecular weight is 382 g/mol. The van der Waals surface area contributed by atoms with E-state index in [9.17, 15) is 9.18 Å². The number of hydrogen-bond donors (Lipinski definition) is 1. The van der Waals surface area contributed by atoms with Gasteiger partial charge in [-0.2, -0.15) is 0 Å². The molecule has 0 aliphatic carbocycles. The van der Waals surface area contributed by atoms with Crippen LogP contribution in [0.2, 0.25) is 5.02 Å². The summed E-state index contributed by atoms with van der Waals surface area (Å²) in [5, 5.41) is 8.15. The van der Waals surface area contributed by atoms with Gasteiger partial charge in [-0.25, -0.2) is 0 Å². The second-order valence-corrected chi connectivity index (χ2v) is 6.74. The number of benzene rings is 1. The van der Waals surface area contributed by atoms with Crippen LogP contribution in [0.3, 0.4) is 0 Å². The van der Waals surface area contributed by atoms with Crippen molar-refractivity contribution < 1.29 is 9.18 Å². The summed E-state index contributed by atoms with van der Waals surface area (Å²) in [6.45, 7) is 2.73. The van der Waals surface area contributed by atoms with E-state index in [1.165, 1.54) is 12.0 Å². The van der Waals surface area contributed by atoms with Crippen molar-refractivity contribution in [2.24, 2.45) is 0 Å². The monoisotopic (exact) mass is 381 g/mol. The minimum atomic E-state index is -0.501. The number of halogens is 2. The van der Waals surface area contributed by atoms with Crippen LogP contribution in [0.25, 0.3) is 16.8 Å². The normalized spacial score (nSPS) is 14.5. The summed E-state index contributed by atoms with van der Waals surface area (Å²) in [5.41, 5.74) is 2.36. The summed E-state index contributed by atoms with van der Waals surface area (Å²) in [6.07, 6.45) is 0. The van der Waals surface area contributed by atoms with E-state index in [4.69, 9.17) is 19.1 Å². The van der Waals surface area contributed by atoms with E-state index in [-0.39, 0.29) is 5.91 Å². The number of carbonyl (C=O) groups is 1. The van der Waals surface area contributed by atoms with E-state index in [2.05, 4.69) is 10.4 Å². The van der Waals surface area contributed by atoms with E-state index in [0.29, 0.717) is 46.1 Å². The third kappa shape index (κ3) is 3.28. The zero-order valence-electron chi connectivity index (χ0n) is 14.5. The summed E-state index contributed by atoms with van der Waals surface area (Å²) in [6, 6.07) is 9.63. The van der Waals surface area contributed by atoms with Gasteiger partial charge in [0.1, 0.15) is 0 Å². The first-order chi connectivity index (χ1) is 13.1. The molecule has 1 aromatic carbocycles. The maximum atomic E-state index is 14.8. The summed E-state index contributed by atoms with van der Waals surface area (Å²) in [5.74, 6) is 0.725. The van der Waals surface area contributed by atoms with Crippen LogP contribution in [0, 0.1) is 5.82 Å². The van der Waals surface area contributed by atoms with E-state index < -0.39 is 5.82 Å². The summed E-state index contributed by atoms with van der Waals surface area (Å²) < 4.78 is 16.3. The Bertz CT molecular complexity index is 1050. The zero-order valence-corrected chi connectivity index (χ0v) is 15.2. The van der Waals surface area contributed by atoms with Crippen LogP contribution < -0.4 is 5.32 Å². The molecule has 1 amide bonds. The topological polar surface area (TPSA) is 49.6 Å². The standard InChI is InChI=1S/C19H16BClFN4O/c20-11-13-10-15(21)18-4-3-17(24-26(13)18)14-2-1-12(9-16(14)22)19(27)25-7-5-23-6-8-25/h1-4,9-11,23H,5-8H2. The first kappa shape index (κ1) is 17.9. The van der Waals surface area contributed by atoms with Crippen molar-refractivity contribution >= 4 is 36.5 Å². The van der Waals surface area contributed by atoms with E-state index in [1.54, 1.807) is 39.7 Å². The van der Waals surface area contributed by atoms with Crippen molar-refractivity contribution in [3.63, 3.8) is 0 Å². The molecule has 0 spiro atoms. The van der Waals surface area contributed by atoms with E-state index in [1.807, 2.05) is 0 Å². The van der Waals surface area contributed by atoms with Gasteiger partial charge in [0.15, 0.2) is 0 Å².